The number of carbonyl (C=O) groups is 1. The molecule has 1 aliphatic heterocycles. The molecule has 100 valence electrons. The maximum atomic E-state index is 12.3. The average molecular weight is 260 g/mol. The first-order valence-corrected chi connectivity index (χ1v) is 6.41. The number of rotatable bonds is 2. The van der Waals surface area contributed by atoms with E-state index in [1.165, 1.54) is 0 Å². The summed E-state index contributed by atoms with van der Waals surface area (Å²) in [6.07, 6.45) is 5.38. The molecule has 1 amide bonds. The molecule has 0 saturated carbocycles. The van der Waals surface area contributed by atoms with Crippen molar-refractivity contribution in [3.8, 4) is 0 Å². The van der Waals surface area contributed by atoms with E-state index in [2.05, 4.69) is 25.6 Å². The van der Waals surface area contributed by atoms with Crippen molar-refractivity contribution >= 4 is 5.91 Å². The van der Waals surface area contributed by atoms with Crippen molar-refractivity contribution in [3.63, 3.8) is 0 Å². The Hall–Kier alpha value is -2.18. The molecule has 0 atom stereocenters. The Kier molecular flexibility index (Phi) is 3.02. The summed E-state index contributed by atoms with van der Waals surface area (Å²) < 4.78 is 0. The summed E-state index contributed by atoms with van der Waals surface area (Å²) in [5.74, 6) is 1.16. The number of H-pyrrole nitrogens is 2. The number of aromatic nitrogens is 5. The number of nitrogens with zero attached hydrogens (tertiary/aromatic N) is 4. The Morgan fingerprint density at radius 2 is 2.16 bits per heavy atom. The lowest BCUT2D eigenvalue weighted by atomic mass is 9.96. The summed E-state index contributed by atoms with van der Waals surface area (Å²) >= 11 is 0. The molecule has 7 nitrogen and oxygen atoms in total. The van der Waals surface area contributed by atoms with Gasteiger partial charge in [0.15, 0.2) is 5.82 Å². The maximum absolute atomic E-state index is 12.3. The van der Waals surface area contributed by atoms with Crippen LogP contribution in [0.5, 0.6) is 0 Å². The zero-order valence-electron chi connectivity index (χ0n) is 10.8. The van der Waals surface area contributed by atoms with E-state index in [0.717, 1.165) is 42.9 Å². The molecule has 2 aromatic rings. The van der Waals surface area contributed by atoms with Gasteiger partial charge in [-0.05, 0) is 25.3 Å². The predicted octanol–water partition coefficient (Wildman–Crippen LogP) is 0.856. The summed E-state index contributed by atoms with van der Waals surface area (Å²) in [5.41, 5.74) is 1.75. The van der Waals surface area contributed by atoms with Gasteiger partial charge in [-0.25, -0.2) is 0 Å². The van der Waals surface area contributed by atoms with Crippen LogP contribution in [0.1, 0.15) is 40.5 Å². The fourth-order valence-electron chi connectivity index (χ4n) is 2.53. The highest BCUT2D eigenvalue weighted by atomic mass is 16.2. The van der Waals surface area contributed by atoms with E-state index in [1.807, 2.05) is 18.0 Å². The summed E-state index contributed by atoms with van der Waals surface area (Å²) in [6, 6.07) is 0. The lowest BCUT2D eigenvalue weighted by Crippen LogP contribution is -2.38. The second-order valence-corrected chi connectivity index (χ2v) is 4.89. The molecule has 0 unspecified atom stereocenters. The van der Waals surface area contributed by atoms with Crippen molar-refractivity contribution in [2.24, 2.45) is 0 Å². The third-order valence-corrected chi connectivity index (χ3v) is 3.69. The van der Waals surface area contributed by atoms with E-state index in [-0.39, 0.29) is 5.91 Å². The minimum Gasteiger partial charge on any atom is -0.367 e. The van der Waals surface area contributed by atoms with Gasteiger partial charge in [0, 0.05) is 31.4 Å². The zero-order chi connectivity index (χ0) is 13.2. The lowest BCUT2D eigenvalue weighted by Gasteiger charge is -2.30. The van der Waals surface area contributed by atoms with Crippen LogP contribution in [0.25, 0.3) is 0 Å². The number of amides is 1. The molecule has 3 rings (SSSR count). The molecule has 1 aliphatic rings. The van der Waals surface area contributed by atoms with E-state index < -0.39 is 0 Å². The summed E-state index contributed by atoms with van der Waals surface area (Å²) in [6.45, 7) is 3.42. The average Bonchev–Trinajstić information content (AvgIpc) is 3.09. The van der Waals surface area contributed by atoms with Crippen LogP contribution in [-0.4, -0.2) is 49.5 Å². The maximum Gasteiger partial charge on any atom is 0.255 e. The van der Waals surface area contributed by atoms with Gasteiger partial charge in [0.25, 0.3) is 5.91 Å². The molecular formula is C12H16N6O. The van der Waals surface area contributed by atoms with Crippen LogP contribution in [0.15, 0.2) is 12.4 Å². The van der Waals surface area contributed by atoms with Gasteiger partial charge in [-0.15, -0.1) is 10.2 Å². The third-order valence-electron chi connectivity index (χ3n) is 3.69. The molecule has 3 heterocycles. The first kappa shape index (κ1) is 11.9. The quantitative estimate of drug-likeness (QED) is 0.837. The van der Waals surface area contributed by atoms with Crippen LogP contribution in [0, 0.1) is 6.92 Å². The largest absolute Gasteiger partial charge is 0.367 e. The van der Waals surface area contributed by atoms with Crippen molar-refractivity contribution in [3.05, 3.63) is 29.3 Å². The zero-order valence-corrected chi connectivity index (χ0v) is 10.8. The minimum atomic E-state index is 0.102. The summed E-state index contributed by atoms with van der Waals surface area (Å²) in [7, 11) is 0. The number of aryl methyl sites for hydroxylation is 1. The first-order valence-electron chi connectivity index (χ1n) is 6.41. The molecule has 0 aromatic carbocycles. The van der Waals surface area contributed by atoms with Gasteiger partial charge in [-0.3, -0.25) is 4.79 Å². The van der Waals surface area contributed by atoms with E-state index in [1.54, 1.807) is 6.20 Å². The van der Waals surface area contributed by atoms with Crippen molar-refractivity contribution < 1.29 is 4.79 Å². The molecule has 0 radical (unpaired) electrons. The second-order valence-electron chi connectivity index (χ2n) is 4.89. The predicted molar refractivity (Wildman–Crippen MR) is 67.6 cm³/mol. The molecule has 19 heavy (non-hydrogen) atoms. The third kappa shape index (κ3) is 2.23. The smallest absolute Gasteiger partial charge is 0.255 e. The number of hydrogen-bond acceptors (Lipinski definition) is 4. The normalized spacial score (nSPS) is 16.8. The topological polar surface area (TPSA) is 90.6 Å². The molecule has 1 fully saturated rings. The van der Waals surface area contributed by atoms with Crippen molar-refractivity contribution in [2.45, 2.75) is 25.7 Å². The van der Waals surface area contributed by atoms with Crippen molar-refractivity contribution in [2.75, 3.05) is 13.1 Å². The molecule has 7 heteroatoms. The second kappa shape index (κ2) is 4.83. The standard InChI is InChI=1S/C12H16N6O/c1-8-6-13-7-10(8)12(19)18-4-2-9(3-5-18)11-14-16-17-15-11/h6-7,9,13H,2-5H2,1H3,(H,14,15,16,17). The van der Waals surface area contributed by atoms with Crippen LogP contribution >= 0.6 is 0 Å². The van der Waals surface area contributed by atoms with E-state index in [4.69, 9.17) is 0 Å². The van der Waals surface area contributed by atoms with Crippen LogP contribution in [0.4, 0.5) is 0 Å². The highest BCUT2D eigenvalue weighted by Gasteiger charge is 2.27. The van der Waals surface area contributed by atoms with Gasteiger partial charge >= 0.3 is 0 Å². The highest BCUT2D eigenvalue weighted by Crippen LogP contribution is 2.25. The Morgan fingerprint density at radius 1 is 1.37 bits per heavy atom. The number of tetrazole rings is 1. The van der Waals surface area contributed by atoms with Crippen LogP contribution in [0.2, 0.25) is 0 Å². The molecular weight excluding hydrogens is 244 g/mol. The van der Waals surface area contributed by atoms with E-state index in [0.29, 0.717) is 5.92 Å². The number of likely N-dealkylation sites (tertiary alicyclic amines) is 1. The fourth-order valence-corrected chi connectivity index (χ4v) is 2.53. The number of aromatic amines is 2. The van der Waals surface area contributed by atoms with Crippen LogP contribution in [0.3, 0.4) is 0 Å². The number of hydrogen-bond donors (Lipinski definition) is 2. The number of piperidine rings is 1. The molecule has 0 aliphatic carbocycles. The number of nitrogens with one attached hydrogen (secondary N) is 2. The van der Waals surface area contributed by atoms with Crippen molar-refractivity contribution in [1.29, 1.82) is 0 Å². The Balaban J connectivity index is 1.64. The van der Waals surface area contributed by atoms with Crippen LogP contribution in [-0.2, 0) is 0 Å². The SMILES string of the molecule is Cc1c[nH]cc1C(=O)N1CCC(c2nn[nH]n2)CC1. The lowest BCUT2D eigenvalue weighted by molar-refractivity contribution is 0.0710. The van der Waals surface area contributed by atoms with Gasteiger partial charge in [-0.2, -0.15) is 5.21 Å². The van der Waals surface area contributed by atoms with Gasteiger partial charge in [0.2, 0.25) is 0 Å². The molecule has 1 saturated heterocycles. The van der Waals surface area contributed by atoms with E-state index in [9.17, 15) is 4.79 Å². The van der Waals surface area contributed by atoms with Gasteiger partial charge in [0.1, 0.15) is 0 Å². The molecule has 2 N–H and O–H groups in total. The number of carbonyl (C=O) groups excluding carboxylic acids is 1. The summed E-state index contributed by atoms with van der Waals surface area (Å²) in [5, 5.41) is 14.1. The van der Waals surface area contributed by atoms with Crippen LogP contribution < -0.4 is 0 Å². The Labute approximate surface area is 110 Å². The Bertz CT molecular complexity index is 553. The van der Waals surface area contributed by atoms with Gasteiger partial charge in [-0.1, -0.05) is 5.21 Å². The van der Waals surface area contributed by atoms with Crippen molar-refractivity contribution in [1.82, 2.24) is 30.5 Å². The molecule has 2 aromatic heterocycles. The van der Waals surface area contributed by atoms with Gasteiger partial charge in [0.05, 0.1) is 5.56 Å². The molecule has 0 spiro atoms. The van der Waals surface area contributed by atoms with E-state index >= 15 is 0 Å². The Morgan fingerprint density at radius 3 is 2.74 bits per heavy atom. The first-order chi connectivity index (χ1) is 9.25. The summed E-state index contributed by atoms with van der Waals surface area (Å²) in [4.78, 5) is 17.2. The minimum absolute atomic E-state index is 0.102. The molecule has 0 bridgehead atoms. The van der Waals surface area contributed by atoms with Gasteiger partial charge < -0.3 is 9.88 Å². The fraction of sp³-hybridized carbons (Fsp3) is 0.500. The highest BCUT2D eigenvalue weighted by molar-refractivity contribution is 5.95. The monoisotopic (exact) mass is 260 g/mol.